The number of benzene rings is 2. The second-order valence-corrected chi connectivity index (χ2v) is 12.6. The fourth-order valence-electron chi connectivity index (χ4n) is 4.63. The van der Waals surface area contributed by atoms with Crippen molar-refractivity contribution < 1.29 is 21.6 Å². The molecule has 1 aliphatic heterocycles. The highest BCUT2D eigenvalue weighted by Crippen LogP contribution is 2.30. The van der Waals surface area contributed by atoms with Crippen LogP contribution in [0.3, 0.4) is 0 Å². The summed E-state index contributed by atoms with van der Waals surface area (Å²) in [7, 11) is -4.04. The molecule has 232 valence electrons. The van der Waals surface area contributed by atoms with Crippen molar-refractivity contribution in [2.24, 2.45) is 0 Å². The molecule has 0 radical (unpaired) electrons. The largest absolute Gasteiger partial charge is 0.416 e. The van der Waals surface area contributed by atoms with Gasteiger partial charge in [-0.25, -0.2) is 18.1 Å². The molecule has 4 aromatic rings. The van der Waals surface area contributed by atoms with Gasteiger partial charge in [0.15, 0.2) is 0 Å². The third kappa shape index (κ3) is 7.89. The Bertz CT molecular complexity index is 1670. The van der Waals surface area contributed by atoms with E-state index in [-0.39, 0.29) is 17.5 Å². The van der Waals surface area contributed by atoms with Crippen LogP contribution in [0.4, 0.5) is 31.0 Å². The van der Waals surface area contributed by atoms with E-state index in [0.29, 0.717) is 50.3 Å². The number of halogens is 3. The summed E-state index contributed by atoms with van der Waals surface area (Å²) in [6.07, 6.45) is -0.627. The first kappa shape index (κ1) is 31.3. The molecule has 0 spiro atoms. The third-order valence-corrected chi connectivity index (χ3v) is 9.27. The Morgan fingerprint density at radius 2 is 1.73 bits per heavy atom. The minimum absolute atomic E-state index is 0.0259. The second-order valence-electron chi connectivity index (χ2n) is 10.0. The SMILES string of the molecule is C=CCCNc1nc(NCc2csc(-c3ccccc3)n2)nc(N2CCC[C@@H]2CNS(=O)(=O)c2ccc(C(F)(F)F)cc2)n1. The summed E-state index contributed by atoms with van der Waals surface area (Å²) in [5.41, 5.74) is 0.948. The van der Waals surface area contributed by atoms with Crippen molar-refractivity contribution in [2.75, 3.05) is 35.2 Å². The van der Waals surface area contributed by atoms with Crippen LogP contribution in [0, 0.1) is 0 Å². The van der Waals surface area contributed by atoms with Crippen LogP contribution in [0.15, 0.2) is 77.5 Å². The molecule has 10 nitrogen and oxygen atoms in total. The molecule has 1 saturated heterocycles. The normalized spacial score (nSPS) is 15.3. The number of thiazole rings is 1. The van der Waals surface area contributed by atoms with Gasteiger partial charge >= 0.3 is 6.18 Å². The summed E-state index contributed by atoms with van der Waals surface area (Å²) in [5.74, 6) is 1.07. The van der Waals surface area contributed by atoms with Gasteiger partial charge in [0.2, 0.25) is 27.9 Å². The molecule has 1 aliphatic rings. The molecule has 44 heavy (non-hydrogen) atoms. The molecule has 0 saturated carbocycles. The van der Waals surface area contributed by atoms with Crippen molar-refractivity contribution in [3.63, 3.8) is 0 Å². The predicted molar refractivity (Wildman–Crippen MR) is 165 cm³/mol. The Labute approximate surface area is 257 Å². The fourth-order valence-corrected chi connectivity index (χ4v) is 6.53. The van der Waals surface area contributed by atoms with Gasteiger partial charge in [-0.1, -0.05) is 36.4 Å². The van der Waals surface area contributed by atoms with Gasteiger partial charge in [0, 0.05) is 36.6 Å². The van der Waals surface area contributed by atoms with Crippen LogP contribution in [0.25, 0.3) is 10.6 Å². The summed E-state index contributed by atoms with van der Waals surface area (Å²) in [4.78, 5) is 20.1. The summed E-state index contributed by atoms with van der Waals surface area (Å²) in [5, 5.41) is 9.29. The van der Waals surface area contributed by atoms with Gasteiger partial charge in [-0.15, -0.1) is 17.9 Å². The lowest BCUT2D eigenvalue weighted by atomic mass is 10.2. The lowest BCUT2D eigenvalue weighted by molar-refractivity contribution is -0.137. The first-order valence-electron chi connectivity index (χ1n) is 13.9. The number of nitrogens with zero attached hydrogens (tertiary/aromatic N) is 5. The number of sulfonamides is 1. The van der Waals surface area contributed by atoms with E-state index in [1.165, 1.54) is 0 Å². The molecular formula is C29H31F3N8O2S2. The van der Waals surface area contributed by atoms with E-state index in [1.807, 2.05) is 40.6 Å². The predicted octanol–water partition coefficient (Wildman–Crippen LogP) is 5.56. The van der Waals surface area contributed by atoms with Crippen molar-refractivity contribution >= 4 is 39.2 Å². The monoisotopic (exact) mass is 644 g/mol. The van der Waals surface area contributed by atoms with Gasteiger partial charge in [-0.2, -0.15) is 28.1 Å². The highest BCUT2D eigenvalue weighted by molar-refractivity contribution is 7.89. The number of hydrogen-bond donors (Lipinski definition) is 3. The number of rotatable bonds is 13. The van der Waals surface area contributed by atoms with Crippen LogP contribution in [0.2, 0.25) is 0 Å². The summed E-state index contributed by atoms with van der Waals surface area (Å²) >= 11 is 1.55. The fraction of sp³-hybridized carbons (Fsp3) is 0.310. The Balaban J connectivity index is 1.29. The molecule has 0 bridgehead atoms. The van der Waals surface area contributed by atoms with Crippen molar-refractivity contribution in [1.82, 2.24) is 24.7 Å². The molecule has 3 N–H and O–H groups in total. The molecular weight excluding hydrogens is 614 g/mol. The van der Waals surface area contributed by atoms with E-state index in [9.17, 15) is 21.6 Å². The first-order chi connectivity index (χ1) is 21.1. The highest BCUT2D eigenvalue weighted by Gasteiger charge is 2.32. The van der Waals surface area contributed by atoms with E-state index in [0.717, 1.165) is 47.0 Å². The summed E-state index contributed by atoms with van der Waals surface area (Å²) in [6.45, 7) is 5.31. The molecule has 1 fully saturated rings. The maximum Gasteiger partial charge on any atom is 0.416 e. The van der Waals surface area contributed by atoms with Crippen molar-refractivity contribution in [3.8, 4) is 10.6 Å². The highest BCUT2D eigenvalue weighted by atomic mass is 32.2. The van der Waals surface area contributed by atoms with Gasteiger partial charge in [-0.05, 0) is 43.5 Å². The zero-order valence-corrected chi connectivity index (χ0v) is 25.2. The quantitative estimate of drug-likeness (QED) is 0.127. The van der Waals surface area contributed by atoms with E-state index >= 15 is 0 Å². The number of aromatic nitrogens is 4. The minimum Gasteiger partial charge on any atom is -0.354 e. The number of anilines is 3. The maximum atomic E-state index is 12.9. The van der Waals surface area contributed by atoms with Gasteiger partial charge in [0.25, 0.3) is 0 Å². The van der Waals surface area contributed by atoms with Crippen molar-refractivity contribution in [1.29, 1.82) is 0 Å². The molecule has 0 aliphatic carbocycles. The number of hydrogen-bond acceptors (Lipinski definition) is 10. The molecule has 3 heterocycles. The number of alkyl halides is 3. The van der Waals surface area contributed by atoms with Crippen molar-refractivity contribution in [3.05, 3.63) is 83.9 Å². The van der Waals surface area contributed by atoms with Crippen LogP contribution in [0.5, 0.6) is 0 Å². The number of nitrogens with one attached hydrogen (secondary N) is 3. The van der Waals surface area contributed by atoms with Gasteiger partial charge in [0.1, 0.15) is 5.01 Å². The molecule has 15 heteroatoms. The topological polar surface area (TPSA) is 125 Å². The minimum atomic E-state index is -4.55. The van der Waals surface area contributed by atoms with Crippen LogP contribution < -0.4 is 20.3 Å². The van der Waals surface area contributed by atoms with Crippen LogP contribution in [-0.2, 0) is 22.7 Å². The van der Waals surface area contributed by atoms with E-state index in [2.05, 4.69) is 36.9 Å². The summed E-state index contributed by atoms with van der Waals surface area (Å²) < 4.78 is 67.0. The lowest BCUT2D eigenvalue weighted by Crippen LogP contribution is -2.41. The Morgan fingerprint density at radius 1 is 1.00 bits per heavy atom. The van der Waals surface area contributed by atoms with E-state index < -0.39 is 21.8 Å². The summed E-state index contributed by atoms with van der Waals surface area (Å²) in [6, 6.07) is 13.0. The Kier molecular flexibility index (Phi) is 9.76. The zero-order valence-electron chi connectivity index (χ0n) is 23.6. The lowest BCUT2D eigenvalue weighted by Gasteiger charge is -2.25. The standard InChI is InChI=1S/C29H31F3N8O2S2/c1-2-3-15-33-26-37-27(34-17-22-19-43-25(36-22)20-8-5-4-6-9-20)39-28(38-26)40-16-7-10-23(40)18-35-44(41,42)24-13-11-21(12-14-24)29(30,31)32/h2,4-6,8-9,11-14,19,23,35H,1,3,7,10,15-18H2,(H2,33,34,37,38,39)/t23-/m1/s1. The zero-order chi connectivity index (χ0) is 31.2. The average Bonchev–Trinajstić information content (AvgIpc) is 3.69. The third-order valence-electron chi connectivity index (χ3n) is 6.89. The van der Waals surface area contributed by atoms with Crippen LogP contribution in [0.1, 0.15) is 30.5 Å². The van der Waals surface area contributed by atoms with Crippen LogP contribution in [-0.4, -0.2) is 54.0 Å². The maximum absolute atomic E-state index is 12.9. The molecule has 2 aromatic carbocycles. The molecule has 1 atom stereocenters. The van der Waals surface area contributed by atoms with Crippen molar-refractivity contribution in [2.45, 2.75) is 42.9 Å². The van der Waals surface area contributed by atoms with Gasteiger partial charge < -0.3 is 15.5 Å². The van der Waals surface area contributed by atoms with E-state index in [1.54, 1.807) is 17.4 Å². The van der Waals surface area contributed by atoms with E-state index in [4.69, 9.17) is 4.98 Å². The van der Waals surface area contributed by atoms with Crippen LogP contribution >= 0.6 is 11.3 Å². The van der Waals surface area contributed by atoms with Gasteiger partial charge in [-0.3, -0.25) is 0 Å². The average molecular weight is 645 g/mol. The van der Waals surface area contributed by atoms with Gasteiger partial charge in [0.05, 0.1) is 22.7 Å². The molecule has 0 unspecified atom stereocenters. The second kappa shape index (κ2) is 13.7. The molecule has 5 rings (SSSR count). The molecule has 2 aromatic heterocycles. The Hall–Kier alpha value is -4.08. The Morgan fingerprint density at radius 3 is 2.43 bits per heavy atom. The molecule has 0 amide bonds. The first-order valence-corrected chi connectivity index (χ1v) is 16.3. The smallest absolute Gasteiger partial charge is 0.354 e.